The molecule has 2 amide bonds. The Balaban J connectivity index is 2.12. The van der Waals surface area contributed by atoms with E-state index in [1.165, 1.54) is 31.2 Å². The highest BCUT2D eigenvalue weighted by Gasteiger charge is 2.36. The van der Waals surface area contributed by atoms with Gasteiger partial charge in [0.05, 0.1) is 21.2 Å². The molecule has 0 aliphatic heterocycles. The van der Waals surface area contributed by atoms with Gasteiger partial charge in [-0.15, -0.1) is 0 Å². The Bertz CT molecular complexity index is 1520. The third kappa shape index (κ3) is 8.17. The van der Waals surface area contributed by atoms with E-state index in [9.17, 15) is 31.2 Å². The van der Waals surface area contributed by atoms with E-state index < -0.39 is 51.9 Å². The second kappa shape index (κ2) is 13.8. The third-order valence-corrected chi connectivity index (χ3v) is 8.76. The highest BCUT2D eigenvalue weighted by atomic mass is 35.5. The number of hydrogen-bond donors (Lipinski definition) is 1. The van der Waals surface area contributed by atoms with E-state index in [1.807, 2.05) is 13.8 Å². The maximum Gasteiger partial charge on any atom is 0.416 e. The first-order chi connectivity index (χ1) is 19.6. The Kier molecular flexibility index (Phi) is 10.9. The topological polar surface area (TPSA) is 86.8 Å². The monoisotopic (exact) mass is 643 g/mol. The van der Waals surface area contributed by atoms with Gasteiger partial charge in [-0.05, 0) is 54.8 Å². The van der Waals surface area contributed by atoms with Crippen LogP contribution < -0.4 is 9.62 Å². The lowest BCUT2D eigenvalue weighted by Crippen LogP contribution is -2.51. The normalized spacial score (nSPS) is 12.6. The van der Waals surface area contributed by atoms with Gasteiger partial charge >= 0.3 is 6.18 Å². The predicted molar refractivity (Wildman–Crippen MR) is 157 cm³/mol. The standard InChI is InChI=1S/C29H30Cl2F3N3O4S/c1-19(2)16-35-28(39)20(3)36(17-21-9-7-8-12-24(21)30)27(38)18-37(42(40,41)23-10-5-4-6-11-23)26-15-22(29(32,33)34)13-14-25(26)31/h4-15,19-20H,16-18H2,1-3H3,(H,35,39)/t20-/m0/s1. The maximum atomic E-state index is 13.9. The summed E-state index contributed by atoms with van der Waals surface area (Å²) in [6.07, 6.45) is -4.81. The number of rotatable bonds is 11. The van der Waals surface area contributed by atoms with Gasteiger partial charge in [0, 0.05) is 18.1 Å². The largest absolute Gasteiger partial charge is 0.416 e. The van der Waals surface area contributed by atoms with Crippen LogP contribution >= 0.6 is 23.2 Å². The average molecular weight is 645 g/mol. The van der Waals surface area contributed by atoms with Gasteiger partial charge in [-0.1, -0.05) is 73.4 Å². The predicted octanol–water partition coefficient (Wildman–Crippen LogP) is 6.40. The summed E-state index contributed by atoms with van der Waals surface area (Å²) < 4.78 is 69.1. The molecule has 0 spiro atoms. The number of benzene rings is 3. The number of sulfonamides is 1. The van der Waals surface area contributed by atoms with Crippen LogP contribution in [0.3, 0.4) is 0 Å². The minimum absolute atomic E-state index is 0.114. The fourth-order valence-corrected chi connectivity index (χ4v) is 5.87. The van der Waals surface area contributed by atoms with Crippen molar-refractivity contribution in [3.63, 3.8) is 0 Å². The van der Waals surface area contributed by atoms with Crippen molar-refractivity contribution in [1.82, 2.24) is 10.2 Å². The van der Waals surface area contributed by atoms with Crippen LogP contribution in [-0.2, 0) is 32.3 Å². The van der Waals surface area contributed by atoms with Crippen LogP contribution in [0.2, 0.25) is 10.0 Å². The molecule has 1 N–H and O–H groups in total. The minimum Gasteiger partial charge on any atom is -0.354 e. The second-order valence-corrected chi connectivity index (χ2v) is 12.6. The van der Waals surface area contributed by atoms with E-state index in [0.29, 0.717) is 33.6 Å². The van der Waals surface area contributed by atoms with Crippen LogP contribution in [0.4, 0.5) is 18.9 Å². The summed E-state index contributed by atoms with van der Waals surface area (Å²) in [6, 6.07) is 14.6. The van der Waals surface area contributed by atoms with Crippen molar-refractivity contribution in [3.05, 3.63) is 94.0 Å². The molecule has 13 heteroatoms. The quantitative estimate of drug-likeness (QED) is 0.262. The molecule has 226 valence electrons. The third-order valence-electron chi connectivity index (χ3n) is 6.30. The van der Waals surface area contributed by atoms with E-state index in [-0.39, 0.29) is 22.4 Å². The molecule has 0 aliphatic carbocycles. The van der Waals surface area contributed by atoms with E-state index >= 15 is 0 Å². The Labute approximate surface area is 253 Å². The Morgan fingerprint density at radius 1 is 0.905 bits per heavy atom. The first-order valence-corrected chi connectivity index (χ1v) is 15.1. The summed E-state index contributed by atoms with van der Waals surface area (Å²) in [5.41, 5.74) is -1.22. The summed E-state index contributed by atoms with van der Waals surface area (Å²) in [4.78, 5) is 27.8. The number of nitrogens with zero attached hydrogens (tertiary/aromatic N) is 2. The number of carbonyl (C=O) groups is 2. The average Bonchev–Trinajstić information content (AvgIpc) is 2.94. The van der Waals surface area contributed by atoms with Crippen LogP contribution in [0, 0.1) is 5.92 Å². The van der Waals surface area contributed by atoms with Crippen LogP contribution in [0.15, 0.2) is 77.7 Å². The summed E-state index contributed by atoms with van der Waals surface area (Å²) in [7, 11) is -4.61. The molecule has 3 aromatic carbocycles. The number of nitrogens with one attached hydrogen (secondary N) is 1. The van der Waals surface area contributed by atoms with Crippen molar-refractivity contribution in [2.45, 2.75) is 44.4 Å². The summed E-state index contributed by atoms with van der Waals surface area (Å²) in [5.74, 6) is -1.25. The van der Waals surface area contributed by atoms with Gasteiger partial charge < -0.3 is 10.2 Å². The van der Waals surface area contributed by atoms with Gasteiger partial charge in [-0.2, -0.15) is 13.2 Å². The highest BCUT2D eigenvalue weighted by molar-refractivity contribution is 7.92. The molecule has 0 radical (unpaired) electrons. The summed E-state index contributed by atoms with van der Waals surface area (Å²) in [6.45, 7) is 4.45. The van der Waals surface area contributed by atoms with Crippen molar-refractivity contribution in [1.29, 1.82) is 0 Å². The van der Waals surface area contributed by atoms with E-state index in [1.54, 1.807) is 30.3 Å². The first-order valence-electron chi connectivity index (χ1n) is 12.9. The molecule has 0 aliphatic rings. The van der Waals surface area contributed by atoms with Crippen LogP contribution in [0.1, 0.15) is 31.9 Å². The fraction of sp³-hybridized carbons (Fsp3) is 0.310. The van der Waals surface area contributed by atoms with Gasteiger partial charge in [0.15, 0.2) is 0 Å². The van der Waals surface area contributed by atoms with E-state index in [4.69, 9.17) is 23.2 Å². The molecule has 0 saturated heterocycles. The molecule has 1 atom stereocenters. The zero-order valence-electron chi connectivity index (χ0n) is 23.0. The Morgan fingerprint density at radius 3 is 2.12 bits per heavy atom. The van der Waals surface area contributed by atoms with Crippen LogP contribution in [0.5, 0.6) is 0 Å². The number of amides is 2. The molecule has 0 saturated carbocycles. The number of carbonyl (C=O) groups excluding carboxylic acids is 2. The minimum atomic E-state index is -4.81. The molecular weight excluding hydrogens is 614 g/mol. The number of hydrogen-bond acceptors (Lipinski definition) is 4. The lowest BCUT2D eigenvalue weighted by molar-refractivity contribution is -0.139. The molecule has 0 unspecified atom stereocenters. The lowest BCUT2D eigenvalue weighted by Gasteiger charge is -2.32. The molecule has 0 bridgehead atoms. The zero-order valence-corrected chi connectivity index (χ0v) is 25.4. The molecule has 3 rings (SSSR count). The first kappa shape index (κ1) is 33.2. The van der Waals surface area contributed by atoms with Gasteiger partial charge in [-0.3, -0.25) is 13.9 Å². The second-order valence-electron chi connectivity index (χ2n) is 9.92. The smallest absolute Gasteiger partial charge is 0.354 e. The molecular formula is C29H30Cl2F3N3O4S. The van der Waals surface area contributed by atoms with Crippen molar-refractivity contribution in [3.8, 4) is 0 Å². The zero-order chi connectivity index (χ0) is 31.2. The number of anilines is 1. The van der Waals surface area contributed by atoms with Crippen LogP contribution in [-0.4, -0.2) is 44.3 Å². The van der Waals surface area contributed by atoms with Gasteiger partial charge in [0.25, 0.3) is 10.0 Å². The summed E-state index contributed by atoms with van der Waals surface area (Å²) >= 11 is 12.6. The van der Waals surface area contributed by atoms with Crippen LogP contribution in [0.25, 0.3) is 0 Å². The van der Waals surface area contributed by atoms with Gasteiger partial charge in [0.2, 0.25) is 11.8 Å². The highest BCUT2D eigenvalue weighted by Crippen LogP contribution is 2.37. The van der Waals surface area contributed by atoms with Crippen molar-refractivity contribution < 1.29 is 31.2 Å². The van der Waals surface area contributed by atoms with E-state index in [2.05, 4.69) is 5.32 Å². The van der Waals surface area contributed by atoms with Gasteiger partial charge in [0.1, 0.15) is 12.6 Å². The van der Waals surface area contributed by atoms with Gasteiger partial charge in [-0.25, -0.2) is 8.42 Å². The fourth-order valence-electron chi connectivity index (χ4n) is 3.96. The molecule has 0 heterocycles. The van der Waals surface area contributed by atoms with E-state index in [0.717, 1.165) is 11.0 Å². The number of halogens is 5. The molecule has 0 fully saturated rings. The molecule has 42 heavy (non-hydrogen) atoms. The van der Waals surface area contributed by atoms with Crippen molar-refractivity contribution >= 4 is 50.7 Å². The van der Waals surface area contributed by atoms with Crippen molar-refractivity contribution in [2.24, 2.45) is 5.92 Å². The SMILES string of the molecule is CC(C)CNC(=O)[C@H](C)N(Cc1ccccc1Cl)C(=O)CN(c1cc(C(F)(F)F)ccc1Cl)S(=O)(=O)c1ccccc1. The maximum absolute atomic E-state index is 13.9. The summed E-state index contributed by atoms with van der Waals surface area (Å²) in [5, 5.41) is 2.73. The lowest BCUT2D eigenvalue weighted by atomic mass is 10.1. The Morgan fingerprint density at radius 2 is 1.52 bits per heavy atom. The number of alkyl halides is 3. The van der Waals surface area contributed by atoms with Crippen molar-refractivity contribution in [2.75, 3.05) is 17.4 Å². The molecule has 7 nitrogen and oxygen atoms in total. The Hall–Kier alpha value is -3.28. The molecule has 3 aromatic rings. The molecule has 0 aromatic heterocycles.